The Morgan fingerprint density at radius 3 is 2.60 bits per heavy atom. The van der Waals surface area contributed by atoms with E-state index in [0.717, 1.165) is 31.6 Å². The zero-order valence-corrected chi connectivity index (χ0v) is 12.9. The molecule has 1 heterocycles. The Morgan fingerprint density at radius 1 is 1.30 bits per heavy atom. The number of piperidine rings is 1. The number of ether oxygens (including phenoxy) is 1. The van der Waals surface area contributed by atoms with Gasteiger partial charge in [-0.25, -0.2) is 0 Å². The molecule has 0 aromatic rings. The average molecular weight is 283 g/mol. The summed E-state index contributed by atoms with van der Waals surface area (Å²) in [5.41, 5.74) is 0. The summed E-state index contributed by atoms with van der Waals surface area (Å²) in [6.07, 6.45) is 5.14. The Hall–Kier alpha value is -0.650. The predicted octanol–water partition coefficient (Wildman–Crippen LogP) is 0.602. The van der Waals surface area contributed by atoms with Crippen LogP contribution in [0, 0.1) is 5.92 Å². The van der Waals surface area contributed by atoms with E-state index in [9.17, 15) is 4.79 Å². The fraction of sp³-hybridized carbons (Fsp3) is 0.933. The van der Waals surface area contributed by atoms with Crippen LogP contribution in [0.25, 0.3) is 0 Å². The van der Waals surface area contributed by atoms with Gasteiger partial charge in [-0.2, -0.15) is 0 Å². The Kier molecular flexibility index (Phi) is 6.26. The molecule has 2 fully saturated rings. The molecule has 1 unspecified atom stereocenters. The van der Waals surface area contributed by atoms with Gasteiger partial charge in [0.15, 0.2) is 0 Å². The van der Waals surface area contributed by atoms with Crippen molar-refractivity contribution in [1.82, 2.24) is 15.5 Å². The van der Waals surface area contributed by atoms with E-state index in [-0.39, 0.29) is 11.9 Å². The maximum Gasteiger partial charge on any atom is 0.234 e. The minimum Gasteiger partial charge on any atom is -0.383 e. The van der Waals surface area contributed by atoms with E-state index in [1.165, 1.54) is 25.7 Å². The molecule has 2 aliphatic rings. The second-order valence-corrected chi connectivity index (χ2v) is 6.33. The van der Waals surface area contributed by atoms with Crippen molar-refractivity contribution in [3.63, 3.8) is 0 Å². The molecule has 1 saturated carbocycles. The molecule has 0 aromatic heterocycles. The SMILES string of the molecule is COCC(C)NC(=O)CN1CCC(CNC2CC2)CC1. The molecule has 2 rings (SSSR count). The third-order valence-electron chi connectivity index (χ3n) is 4.17. The van der Waals surface area contributed by atoms with E-state index in [4.69, 9.17) is 4.74 Å². The number of carbonyl (C=O) groups excluding carboxylic acids is 1. The number of amides is 1. The molecule has 0 radical (unpaired) electrons. The van der Waals surface area contributed by atoms with Crippen LogP contribution >= 0.6 is 0 Å². The highest BCUT2D eigenvalue weighted by Crippen LogP contribution is 2.21. The largest absolute Gasteiger partial charge is 0.383 e. The Bertz CT molecular complexity index is 299. The molecule has 1 aliphatic heterocycles. The summed E-state index contributed by atoms with van der Waals surface area (Å²) in [5, 5.41) is 6.58. The van der Waals surface area contributed by atoms with Crippen LogP contribution in [0.1, 0.15) is 32.6 Å². The lowest BCUT2D eigenvalue weighted by molar-refractivity contribution is -0.123. The van der Waals surface area contributed by atoms with Gasteiger partial charge in [0.05, 0.1) is 13.2 Å². The first-order valence-electron chi connectivity index (χ1n) is 7.91. The predicted molar refractivity (Wildman–Crippen MR) is 79.7 cm³/mol. The number of likely N-dealkylation sites (tertiary alicyclic amines) is 1. The van der Waals surface area contributed by atoms with Gasteiger partial charge in [0.2, 0.25) is 5.91 Å². The molecule has 5 heteroatoms. The summed E-state index contributed by atoms with van der Waals surface area (Å²) in [4.78, 5) is 14.1. The summed E-state index contributed by atoms with van der Waals surface area (Å²) in [6.45, 7) is 6.32. The van der Waals surface area contributed by atoms with Crippen LogP contribution in [0.15, 0.2) is 0 Å². The maximum absolute atomic E-state index is 11.9. The lowest BCUT2D eigenvalue weighted by Crippen LogP contribution is -2.45. The van der Waals surface area contributed by atoms with Gasteiger partial charge in [-0.05, 0) is 58.2 Å². The summed E-state index contributed by atoms with van der Waals surface area (Å²) in [7, 11) is 1.66. The summed E-state index contributed by atoms with van der Waals surface area (Å²) in [5.74, 6) is 0.909. The summed E-state index contributed by atoms with van der Waals surface area (Å²) in [6, 6.07) is 0.897. The Morgan fingerprint density at radius 2 is 2.00 bits per heavy atom. The van der Waals surface area contributed by atoms with Gasteiger partial charge in [-0.1, -0.05) is 0 Å². The van der Waals surface area contributed by atoms with Gasteiger partial charge in [0, 0.05) is 19.2 Å². The molecule has 5 nitrogen and oxygen atoms in total. The fourth-order valence-corrected chi connectivity index (χ4v) is 2.78. The zero-order valence-electron chi connectivity index (χ0n) is 12.9. The van der Waals surface area contributed by atoms with Crippen LogP contribution in [-0.2, 0) is 9.53 Å². The van der Waals surface area contributed by atoms with Crippen LogP contribution in [0.2, 0.25) is 0 Å². The highest BCUT2D eigenvalue weighted by atomic mass is 16.5. The van der Waals surface area contributed by atoms with Crippen LogP contribution in [-0.4, -0.2) is 62.8 Å². The first kappa shape index (κ1) is 15.7. The number of nitrogens with zero attached hydrogens (tertiary/aromatic N) is 1. The molecule has 1 aliphatic carbocycles. The van der Waals surface area contributed by atoms with Gasteiger partial charge in [-0.3, -0.25) is 9.69 Å². The Balaban J connectivity index is 1.57. The van der Waals surface area contributed by atoms with Crippen molar-refractivity contribution < 1.29 is 9.53 Å². The number of rotatable bonds is 8. The van der Waals surface area contributed by atoms with Crippen molar-refractivity contribution in [2.75, 3.05) is 39.9 Å². The second kappa shape index (κ2) is 7.96. The molecular weight excluding hydrogens is 254 g/mol. The van der Waals surface area contributed by atoms with Crippen molar-refractivity contribution in [1.29, 1.82) is 0 Å². The first-order chi connectivity index (χ1) is 9.67. The quantitative estimate of drug-likeness (QED) is 0.685. The minimum atomic E-state index is 0.0905. The normalized spacial score (nSPS) is 22.7. The van der Waals surface area contributed by atoms with E-state index < -0.39 is 0 Å². The van der Waals surface area contributed by atoms with Crippen molar-refractivity contribution in [3.8, 4) is 0 Å². The molecule has 20 heavy (non-hydrogen) atoms. The van der Waals surface area contributed by atoms with E-state index in [1.54, 1.807) is 7.11 Å². The minimum absolute atomic E-state index is 0.0905. The fourth-order valence-electron chi connectivity index (χ4n) is 2.78. The van der Waals surface area contributed by atoms with Gasteiger partial charge in [-0.15, -0.1) is 0 Å². The molecule has 0 aromatic carbocycles. The van der Waals surface area contributed by atoms with Crippen LogP contribution in [0.3, 0.4) is 0 Å². The van der Waals surface area contributed by atoms with Crippen LogP contribution < -0.4 is 10.6 Å². The van der Waals surface area contributed by atoms with E-state index in [1.807, 2.05) is 6.92 Å². The highest BCUT2D eigenvalue weighted by Gasteiger charge is 2.25. The van der Waals surface area contributed by atoms with Crippen LogP contribution in [0.5, 0.6) is 0 Å². The lowest BCUT2D eigenvalue weighted by atomic mass is 9.97. The highest BCUT2D eigenvalue weighted by molar-refractivity contribution is 5.78. The molecular formula is C15H29N3O2. The lowest BCUT2D eigenvalue weighted by Gasteiger charge is -2.31. The molecule has 0 bridgehead atoms. The maximum atomic E-state index is 11.9. The molecule has 1 atom stereocenters. The summed E-state index contributed by atoms with van der Waals surface area (Å²) >= 11 is 0. The van der Waals surface area contributed by atoms with Crippen molar-refractivity contribution in [2.24, 2.45) is 5.92 Å². The molecule has 1 amide bonds. The van der Waals surface area contributed by atoms with Gasteiger partial charge >= 0.3 is 0 Å². The van der Waals surface area contributed by atoms with Gasteiger partial charge in [0.25, 0.3) is 0 Å². The molecule has 116 valence electrons. The Labute approximate surface area is 122 Å². The number of carbonyl (C=O) groups is 1. The third-order valence-corrected chi connectivity index (χ3v) is 4.17. The van der Waals surface area contributed by atoms with Crippen molar-refractivity contribution in [2.45, 2.75) is 44.7 Å². The number of hydrogen-bond acceptors (Lipinski definition) is 4. The van der Waals surface area contributed by atoms with Crippen molar-refractivity contribution in [3.05, 3.63) is 0 Å². The van der Waals surface area contributed by atoms with Crippen molar-refractivity contribution >= 4 is 5.91 Å². The van der Waals surface area contributed by atoms with Gasteiger partial charge < -0.3 is 15.4 Å². The van der Waals surface area contributed by atoms with E-state index in [2.05, 4.69) is 15.5 Å². The van der Waals surface area contributed by atoms with Gasteiger partial charge in [0.1, 0.15) is 0 Å². The summed E-state index contributed by atoms with van der Waals surface area (Å²) < 4.78 is 5.02. The van der Waals surface area contributed by atoms with E-state index >= 15 is 0 Å². The number of hydrogen-bond donors (Lipinski definition) is 2. The first-order valence-corrected chi connectivity index (χ1v) is 7.91. The smallest absolute Gasteiger partial charge is 0.234 e. The number of methoxy groups -OCH3 is 1. The van der Waals surface area contributed by atoms with E-state index in [0.29, 0.717) is 13.2 Å². The number of nitrogens with one attached hydrogen (secondary N) is 2. The molecule has 0 spiro atoms. The standard InChI is InChI=1S/C15H29N3O2/c1-12(11-20-2)17-15(19)10-18-7-5-13(6-8-18)9-16-14-3-4-14/h12-14,16H,3-11H2,1-2H3,(H,17,19). The topological polar surface area (TPSA) is 53.6 Å². The monoisotopic (exact) mass is 283 g/mol. The second-order valence-electron chi connectivity index (χ2n) is 6.33. The zero-order chi connectivity index (χ0) is 14.4. The molecule has 2 N–H and O–H groups in total. The average Bonchev–Trinajstić information content (AvgIpc) is 3.22. The molecule has 1 saturated heterocycles. The van der Waals surface area contributed by atoms with Crippen LogP contribution in [0.4, 0.5) is 0 Å². The third kappa shape index (κ3) is 5.77.